The number of nitrogens with zero attached hydrogens (tertiary/aromatic N) is 2. The number of amides is 1. The van der Waals surface area contributed by atoms with Crippen molar-refractivity contribution in [1.82, 2.24) is 15.3 Å². The lowest BCUT2D eigenvalue weighted by Crippen LogP contribution is -2.49. The van der Waals surface area contributed by atoms with Gasteiger partial charge in [-0.25, -0.2) is 13.9 Å². The zero-order chi connectivity index (χ0) is 20.5. The van der Waals surface area contributed by atoms with Gasteiger partial charge in [0.25, 0.3) is 5.91 Å². The third kappa shape index (κ3) is 3.72. The van der Waals surface area contributed by atoms with Crippen LogP contribution >= 0.6 is 0 Å². The van der Waals surface area contributed by atoms with Crippen LogP contribution in [0.5, 0.6) is 0 Å². The fraction of sp³-hybridized carbons (Fsp3) is 0.421. The number of aromatic nitrogens is 2. The molecule has 28 heavy (non-hydrogen) atoms. The first-order valence-electron chi connectivity index (χ1n) is 8.99. The first-order chi connectivity index (χ1) is 13.2. The average molecular weight is 405 g/mol. The molecule has 3 rings (SSSR count). The lowest BCUT2D eigenvalue weighted by atomic mass is 9.88. The van der Waals surface area contributed by atoms with E-state index in [1.807, 2.05) is 18.2 Å². The van der Waals surface area contributed by atoms with Crippen LogP contribution in [0.2, 0.25) is 0 Å². The molecule has 0 fully saturated rings. The molecule has 0 radical (unpaired) electrons. The monoisotopic (exact) mass is 405 g/mol. The van der Waals surface area contributed by atoms with Crippen LogP contribution < -0.4 is 5.48 Å². The van der Waals surface area contributed by atoms with Crippen molar-refractivity contribution in [3.8, 4) is 11.1 Å². The lowest BCUT2D eigenvalue weighted by molar-refractivity contribution is -0.131. The minimum atomic E-state index is -3.76. The Morgan fingerprint density at radius 2 is 2.07 bits per heavy atom. The van der Waals surface area contributed by atoms with Crippen molar-refractivity contribution in [2.24, 2.45) is 0 Å². The van der Waals surface area contributed by atoms with Gasteiger partial charge in [-0.05, 0) is 43.4 Å². The second-order valence-electron chi connectivity index (χ2n) is 7.33. The Morgan fingerprint density at radius 3 is 2.75 bits per heavy atom. The van der Waals surface area contributed by atoms with Crippen molar-refractivity contribution in [2.75, 3.05) is 6.26 Å². The molecule has 1 amide bonds. The SMILES string of the molecule is CC(CCn1cc(-c2ccc3c(c2)C(=O)CCC3)cn1)(C(=O)NO)S(C)(=O)=O. The lowest BCUT2D eigenvalue weighted by Gasteiger charge is -2.24. The van der Waals surface area contributed by atoms with Gasteiger partial charge in [0, 0.05) is 36.5 Å². The number of hydrogen-bond donors (Lipinski definition) is 2. The summed E-state index contributed by atoms with van der Waals surface area (Å²) in [6.45, 7) is 1.44. The Morgan fingerprint density at radius 1 is 1.32 bits per heavy atom. The average Bonchev–Trinajstić information content (AvgIpc) is 3.13. The van der Waals surface area contributed by atoms with Gasteiger partial charge < -0.3 is 0 Å². The Balaban J connectivity index is 1.80. The van der Waals surface area contributed by atoms with Gasteiger partial charge in [-0.3, -0.25) is 19.5 Å². The molecular weight excluding hydrogens is 382 g/mol. The summed E-state index contributed by atoms with van der Waals surface area (Å²) in [7, 11) is -3.76. The molecule has 2 aromatic rings. The van der Waals surface area contributed by atoms with Gasteiger partial charge in [0.1, 0.15) is 0 Å². The van der Waals surface area contributed by atoms with E-state index in [-0.39, 0.29) is 18.7 Å². The van der Waals surface area contributed by atoms with Gasteiger partial charge >= 0.3 is 0 Å². The predicted molar refractivity (Wildman–Crippen MR) is 103 cm³/mol. The fourth-order valence-corrected chi connectivity index (χ4v) is 4.20. The van der Waals surface area contributed by atoms with E-state index in [0.29, 0.717) is 6.42 Å². The quantitative estimate of drug-likeness (QED) is 0.558. The number of nitrogens with one attached hydrogen (secondary N) is 1. The van der Waals surface area contributed by atoms with Crippen LogP contribution in [0, 0.1) is 0 Å². The molecule has 0 saturated heterocycles. The fourth-order valence-electron chi connectivity index (χ4n) is 3.36. The minimum Gasteiger partial charge on any atom is -0.294 e. The van der Waals surface area contributed by atoms with Crippen molar-refractivity contribution in [1.29, 1.82) is 0 Å². The molecule has 1 unspecified atom stereocenters. The molecule has 2 N–H and O–H groups in total. The smallest absolute Gasteiger partial charge is 0.264 e. The number of ketones is 1. The maximum Gasteiger partial charge on any atom is 0.264 e. The molecule has 1 aliphatic rings. The Hall–Kier alpha value is -2.52. The second-order valence-corrected chi connectivity index (χ2v) is 9.78. The molecule has 150 valence electrons. The Labute approximate surface area is 163 Å². The van der Waals surface area contributed by atoms with Gasteiger partial charge in [-0.15, -0.1) is 0 Å². The van der Waals surface area contributed by atoms with E-state index in [9.17, 15) is 18.0 Å². The molecule has 1 aromatic carbocycles. The number of carbonyl (C=O) groups is 2. The van der Waals surface area contributed by atoms with E-state index in [2.05, 4.69) is 5.10 Å². The first-order valence-corrected chi connectivity index (χ1v) is 10.9. The van der Waals surface area contributed by atoms with Gasteiger partial charge in [-0.1, -0.05) is 12.1 Å². The molecule has 0 bridgehead atoms. The van der Waals surface area contributed by atoms with Gasteiger partial charge in [0.05, 0.1) is 6.20 Å². The zero-order valence-electron chi connectivity index (χ0n) is 15.8. The van der Waals surface area contributed by atoms with E-state index in [1.54, 1.807) is 17.1 Å². The third-order valence-corrected chi connectivity index (χ3v) is 7.47. The third-order valence-electron chi connectivity index (χ3n) is 5.45. The summed E-state index contributed by atoms with van der Waals surface area (Å²) in [6.07, 6.45) is 6.63. The van der Waals surface area contributed by atoms with Crippen LogP contribution in [0.3, 0.4) is 0 Å². The number of hydroxylamine groups is 1. The molecule has 0 saturated carbocycles. The second kappa shape index (κ2) is 7.48. The number of Topliss-reactive ketones (excluding diaryl/α,β-unsaturated/α-hetero) is 1. The van der Waals surface area contributed by atoms with E-state index in [0.717, 1.165) is 41.4 Å². The van der Waals surface area contributed by atoms with E-state index < -0.39 is 20.5 Å². The predicted octanol–water partition coefficient (Wildman–Crippen LogP) is 1.77. The van der Waals surface area contributed by atoms with Crippen LogP contribution in [-0.4, -0.2) is 46.1 Å². The summed E-state index contributed by atoms with van der Waals surface area (Å²) in [5, 5.41) is 13.1. The van der Waals surface area contributed by atoms with Crippen LogP contribution in [0.1, 0.15) is 42.1 Å². The van der Waals surface area contributed by atoms with Crippen LogP contribution in [0.25, 0.3) is 11.1 Å². The van der Waals surface area contributed by atoms with Gasteiger partial charge in [0.2, 0.25) is 0 Å². The highest BCUT2D eigenvalue weighted by atomic mass is 32.2. The highest BCUT2D eigenvalue weighted by molar-refractivity contribution is 7.92. The van der Waals surface area contributed by atoms with Gasteiger partial charge in [-0.2, -0.15) is 5.10 Å². The number of fused-ring (bicyclic) bond motifs is 1. The highest BCUT2D eigenvalue weighted by Gasteiger charge is 2.43. The maximum atomic E-state index is 12.1. The molecule has 1 heterocycles. The largest absolute Gasteiger partial charge is 0.294 e. The number of benzene rings is 1. The van der Waals surface area contributed by atoms with E-state index in [4.69, 9.17) is 5.21 Å². The standard InChI is InChI=1S/C19H23N3O5S/c1-19(18(24)21-25,28(2,26)27)8-9-22-12-15(11-20-22)14-7-6-13-4-3-5-17(23)16(13)10-14/h6-7,10-12,25H,3-5,8-9H2,1-2H3,(H,21,24). The number of aryl methyl sites for hydroxylation is 2. The number of rotatable bonds is 6. The summed E-state index contributed by atoms with van der Waals surface area (Å²) in [5.41, 5.74) is 4.91. The van der Waals surface area contributed by atoms with Crippen molar-refractivity contribution in [3.05, 3.63) is 41.7 Å². The van der Waals surface area contributed by atoms with Crippen LogP contribution in [-0.2, 0) is 27.6 Å². The maximum absolute atomic E-state index is 12.1. The zero-order valence-corrected chi connectivity index (χ0v) is 16.6. The van der Waals surface area contributed by atoms with E-state index >= 15 is 0 Å². The molecule has 0 aliphatic heterocycles. The van der Waals surface area contributed by atoms with Crippen molar-refractivity contribution in [2.45, 2.75) is 43.9 Å². The molecule has 0 spiro atoms. The summed E-state index contributed by atoms with van der Waals surface area (Å²) in [6, 6.07) is 5.78. The molecule has 1 aromatic heterocycles. The summed E-state index contributed by atoms with van der Waals surface area (Å²) < 4.78 is 23.8. The summed E-state index contributed by atoms with van der Waals surface area (Å²) in [4.78, 5) is 24.0. The number of carbonyl (C=O) groups excluding carboxylic acids is 2. The first kappa shape index (κ1) is 20.2. The number of sulfone groups is 1. The van der Waals surface area contributed by atoms with Crippen molar-refractivity contribution < 1.29 is 23.2 Å². The molecule has 9 heteroatoms. The molecule has 1 aliphatic carbocycles. The Kier molecular flexibility index (Phi) is 5.40. The van der Waals surface area contributed by atoms with Crippen LogP contribution in [0.4, 0.5) is 0 Å². The van der Waals surface area contributed by atoms with Crippen molar-refractivity contribution in [3.63, 3.8) is 0 Å². The topological polar surface area (TPSA) is 118 Å². The summed E-state index contributed by atoms with van der Waals surface area (Å²) >= 11 is 0. The minimum absolute atomic E-state index is 0.0536. The van der Waals surface area contributed by atoms with Crippen LogP contribution in [0.15, 0.2) is 30.6 Å². The molecule has 1 atom stereocenters. The summed E-state index contributed by atoms with van der Waals surface area (Å²) in [5.74, 6) is -0.829. The van der Waals surface area contributed by atoms with E-state index in [1.165, 1.54) is 12.4 Å². The Bertz CT molecular complexity index is 1030. The molecule has 8 nitrogen and oxygen atoms in total. The van der Waals surface area contributed by atoms with Crippen molar-refractivity contribution >= 4 is 21.5 Å². The van der Waals surface area contributed by atoms with Gasteiger partial charge in [0.15, 0.2) is 20.4 Å². The highest BCUT2D eigenvalue weighted by Crippen LogP contribution is 2.28. The number of hydrogen-bond acceptors (Lipinski definition) is 6. The molecular formula is C19H23N3O5S. The normalized spacial score (nSPS) is 16.3.